The van der Waals surface area contributed by atoms with Gasteiger partial charge < -0.3 is 9.79 Å². The van der Waals surface area contributed by atoms with Gasteiger partial charge in [-0.1, -0.05) is 12.1 Å². The van der Waals surface area contributed by atoms with Crippen LogP contribution in [-0.4, -0.2) is 30.8 Å². The quantitative estimate of drug-likeness (QED) is 0.479. The van der Waals surface area contributed by atoms with Crippen molar-refractivity contribution < 1.29 is 27.0 Å². The van der Waals surface area contributed by atoms with E-state index < -0.39 is 24.1 Å². The fourth-order valence-electron chi connectivity index (χ4n) is 1.03. The van der Waals surface area contributed by atoms with Crippen LogP contribution < -0.4 is 0 Å². The number of hydrogen-bond donors (Lipinski definition) is 2. The molecule has 9 heteroatoms. The third-order valence-corrected chi connectivity index (χ3v) is 4.60. The second-order valence-corrected chi connectivity index (χ2v) is 7.04. The van der Waals surface area contributed by atoms with E-state index >= 15 is 0 Å². The fourth-order valence-corrected chi connectivity index (χ4v) is 3.86. The summed E-state index contributed by atoms with van der Waals surface area (Å²) in [6.07, 6.45) is 0.537. The Labute approximate surface area is 103 Å². The Bertz CT molecular complexity index is 535. The van der Waals surface area contributed by atoms with Crippen molar-refractivity contribution in [2.24, 2.45) is 0 Å². The molecular weight excluding hydrogens is 287 g/mol. The zero-order valence-corrected chi connectivity index (χ0v) is 11.3. The molecule has 1 aromatic rings. The maximum absolute atomic E-state index is 11.7. The lowest BCUT2D eigenvalue weighted by Gasteiger charge is -2.09. The first-order valence-corrected chi connectivity index (χ1v) is 8.76. The molecule has 1 aromatic carbocycles. The highest BCUT2D eigenvalue weighted by atomic mass is 32.2. The van der Waals surface area contributed by atoms with Gasteiger partial charge in [0.05, 0.1) is 0 Å². The molecule has 0 fully saturated rings. The van der Waals surface area contributed by atoms with Crippen LogP contribution in [0.25, 0.3) is 0 Å². The third kappa shape index (κ3) is 4.42. The van der Waals surface area contributed by atoms with Gasteiger partial charge in [0, 0.05) is 4.90 Å². The summed E-state index contributed by atoms with van der Waals surface area (Å²) in [5.41, 5.74) is 0. The van der Waals surface area contributed by atoms with E-state index in [1.54, 1.807) is 18.4 Å². The molecule has 6 nitrogen and oxygen atoms in total. The molecule has 0 amide bonds. The van der Waals surface area contributed by atoms with Gasteiger partial charge in [-0.2, -0.15) is 8.42 Å². The summed E-state index contributed by atoms with van der Waals surface area (Å²) < 4.78 is 38.2. The first kappa shape index (κ1) is 14.7. The van der Waals surface area contributed by atoms with Gasteiger partial charge in [-0.25, -0.2) is 0 Å². The topological polar surface area (TPSA) is 101 Å². The van der Waals surface area contributed by atoms with Crippen molar-refractivity contribution in [3.63, 3.8) is 0 Å². The predicted octanol–water partition coefficient (Wildman–Crippen LogP) is 1.25. The first-order valence-electron chi connectivity index (χ1n) is 4.33. The molecule has 0 saturated heterocycles. The van der Waals surface area contributed by atoms with Crippen LogP contribution in [0.2, 0.25) is 0 Å². The highest BCUT2D eigenvalue weighted by Gasteiger charge is 2.24. The van der Waals surface area contributed by atoms with Crippen molar-refractivity contribution in [2.45, 2.75) is 9.79 Å². The number of rotatable bonds is 5. The van der Waals surface area contributed by atoms with Gasteiger partial charge in [0.15, 0.2) is 6.35 Å². The minimum Gasteiger partial charge on any atom is -0.323 e. The molecule has 0 heterocycles. The SMILES string of the molecule is CSc1ccccc1S(=O)(=O)OCP(=O)(O)O. The predicted molar refractivity (Wildman–Crippen MR) is 63.4 cm³/mol. The lowest BCUT2D eigenvalue weighted by atomic mass is 10.4. The van der Waals surface area contributed by atoms with Crippen LogP contribution in [0.5, 0.6) is 0 Å². The summed E-state index contributed by atoms with van der Waals surface area (Å²) in [5.74, 6) is 0. The highest BCUT2D eigenvalue weighted by molar-refractivity contribution is 7.99. The number of thioether (sulfide) groups is 1. The van der Waals surface area contributed by atoms with Crippen molar-refractivity contribution in [2.75, 3.05) is 12.6 Å². The fraction of sp³-hybridized carbons (Fsp3) is 0.250. The zero-order valence-electron chi connectivity index (χ0n) is 8.81. The average Bonchev–Trinajstić information content (AvgIpc) is 2.26. The van der Waals surface area contributed by atoms with E-state index in [0.29, 0.717) is 4.90 Å². The second-order valence-electron chi connectivity index (χ2n) is 3.02. The molecule has 0 bridgehead atoms. The van der Waals surface area contributed by atoms with Crippen LogP contribution in [0.3, 0.4) is 0 Å². The van der Waals surface area contributed by atoms with Gasteiger partial charge in [0.25, 0.3) is 10.1 Å². The Morgan fingerprint density at radius 3 is 2.47 bits per heavy atom. The van der Waals surface area contributed by atoms with Gasteiger partial charge in [0.2, 0.25) is 0 Å². The van der Waals surface area contributed by atoms with Gasteiger partial charge >= 0.3 is 7.60 Å². The van der Waals surface area contributed by atoms with Gasteiger partial charge in [-0.05, 0) is 18.4 Å². The van der Waals surface area contributed by atoms with Gasteiger partial charge in [-0.15, -0.1) is 11.8 Å². The molecule has 0 aromatic heterocycles. The smallest absolute Gasteiger partial charge is 0.323 e. The summed E-state index contributed by atoms with van der Waals surface area (Å²) in [5, 5.41) is 0. The normalized spacial score (nSPS) is 12.6. The molecule has 17 heavy (non-hydrogen) atoms. The van der Waals surface area contributed by atoms with Gasteiger partial charge in [0.1, 0.15) is 4.90 Å². The standard InChI is InChI=1S/C8H11O6PS2/c1-16-7-4-2-3-5-8(7)17(12,13)14-6-15(9,10)11/h2-5H,6H2,1H3,(H2,9,10,11). The molecule has 96 valence electrons. The van der Waals surface area contributed by atoms with Crippen LogP contribution in [0.4, 0.5) is 0 Å². The zero-order chi connectivity index (χ0) is 13.1. The molecule has 0 unspecified atom stereocenters. The summed E-state index contributed by atoms with van der Waals surface area (Å²) in [6, 6.07) is 6.07. The Balaban J connectivity index is 3.02. The van der Waals surface area contributed by atoms with E-state index in [9.17, 15) is 13.0 Å². The molecule has 0 aliphatic rings. The Morgan fingerprint density at radius 1 is 1.35 bits per heavy atom. The van der Waals surface area contributed by atoms with Crippen molar-refractivity contribution in [1.82, 2.24) is 0 Å². The van der Waals surface area contributed by atoms with Crippen LogP contribution in [-0.2, 0) is 18.9 Å². The maximum Gasteiger partial charge on any atom is 0.352 e. The molecule has 1 rings (SSSR count). The highest BCUT2D eigenvalue weighted by Crippen LogP contribution is 2.36. The van der Waals surface area contributed by atoms with Crippen LogP contribution in [0.15, 0.2) is 34.1 Å². The molecule has 0 aliphatic heterocycles. The summed E-state index contributed by atoms with van der Waals surface area (Å²) in [6.45, 7) is 0. The third-order valence-electron chi connectivity index (χ3n) is 1.71. The van der Waals surface area contributed by atoms with Crippen LogP contribution >= 0.6 is 19.4 Å². The van der Waals surface area contributed by atoms with Crippen molar-refractivity contribution in [1.29, 1.82) is 0 Å². The van der Waals surface area contributed by atoms with Crippen molar-refractivity contribution in [3.8, 4) is 0 Å². The lowest BCUT2D eigenvalue weighted by Crippen LogP contribution is -2.09. The average molecular weight is 298 g/mol. The van der Waals surface area contributed by atoms with Crippen molar-refractivity contribution >= 4 is 29.5 Å². The summed E-state index contributed by atoms with van der Waals surface area (Å²) >= 11 is 1.20. The molecule has 0 radical (unpaired) electrons. The van der Waals surface area contributed by atoms with E-state index in [0.717, 1.165) is 0 Å². The Kier molecular flexibility index (Phi) is 4.77. The lowest BCUT2D eigenvalue weighted by molar-refractivity contribution is 0.300. The largest absolute Gasteiger partial charge is 0.352 e. The first-order chi connectivity index (χ1) is 7.76. The number of benzene rings is 1. The monoisotopic (exact) mass is 298 g/mol. The van der Waals surface area contributed by atoms with Crippen molar-refractivity contribution in [3.05, 3.63) is 24.3 Å². The van der Waals surface area contributed by atoms with E-state index in [1.165, 1.54) is 23.9 Å². The van der Waals surface area contributed by atoms with Crippen LogP contribution in [0.1, 0.15) is 0 Å². The molecule has 0 aliphatic carbocycles. The molecule has 0 saturated carbocycles. The number of hydrogen-bond acceptors (Lipinski definition) is 5. The molecule has 2 N–H and O–H groups in total. The Morgan fingerprint density at radius 2 is 1.94 bits per heavy atom. The molecule has 0 spiro atoms. The molecule has 0 atom stereocenters. The minimum atomic E-state index is -4.51. The Hall–Kier alpha value is -0.370. The van der Waals surface area contributed by atoms with Gasteiger partial charge in [-0.3, -0.25) is 8.75 Å². The van der Waals surface area contributed by atoms with E-state index in [4.69, 9.17) is 9.79 Å². The molecular formula is C8H11O6PS2. The van der Waals surface area contributed by atoms with E-state index in [1.807, 2.05) is 0 Å². The van der Waals surface area contributed by atoms with E-state index in [-0.39, 0.29) is 4.90 Å². The van der Waals surface area contributed by atoms with E-state index in [2.05, 4.69) is 4.18 Å². The summed E-state index contributed by atoms with van der Waals surface area (Å²) in [4.78, 5) is 17.5. The van der Waals surface area contributed by atoms with Crippen LogP contribution in [0, 0.1) is 0 Å². The summed E-state index contributed by atoms with van der Waals surface area (Å²) in [7, 11) is -8.66. The maximum atomic E-state index is 11.7. The second kappa shape index (κ2) is 5.51. The minimum absolute atomic E-state index is 0.0963.